The minimum atomic E-state index is -5.02. The lowest BCUT2D eigenvalue weighted by molar-refractivity contribution is -0.388. The molecular weight excluding hydrogens is 293 g/mol. The second-order valence-electron chi connectivity index (χ2n) is 3.89. The molecule has 0 heterocycles. The number of carbonyl (C=O) groups is 1. The molecule has 1 aromatic carbocycles. The highest BCUT2D eigenvalue weighted by Crippen LogP contribution is 2.38. The van der Waals surface area contributed by atoms with Crippen molar-refractivity contribution in [3.05, 3.63) is 38.9 Å². The van der Waals surface area contributed by atoms with Crippen molar-refractivity contribution in [1.29, 1.82) is 5.26 Å². The van der Waals surface area contributed by atoms with Crippen LogP contribution in [0.25, 0.3) is 0 Å². The van der Waals surface area contributed by atoms with Gasteiger partial charge in [-0.3, -0.25) is 14.9 Å². The average molecular weight is 302 g/mol. The number of nitro benzene ring substituents is 1. The molecule has 0 radical (unpaired) electrons. The number of esters is 1. The van der Waals surface area contributed by atoms with Crippen LogP contribution in [0.15, 0.2) is 12.1 Å². The first-order valence-electron chi connectivity index (χ1n) is 5.65. The van der Waals surface area contributed by atoms with Gasteiger partial charge in [0, 0.05) is 0 Å². The van der Waals surface area contributed by atoms with E-state index >= 15 is 0 Å². The maximum atomic E-state index is 12.9. The van der Waals surface area contributed by atoms with Gasteiger partial charge < -0.3 is 4.74 Å². The molecule has 1 aromatic rings. The second kappa shape index (κ2) is 6.21. The van der Waals surface area contributed by atoms with E-state index in [1.54, 1.807) is 0 Å². The molecule has 0 aliphatic heterocycles. The predicted molar refractivity (Wildman–Crippen MR) is 63.2 cm³/mol. The average Bonchev–Trinajstić information content (AvgIpc) is 2.36. The topological polar surface area (TPSA) is 93.2 Å². The van der Waals surface area contributed by atoms with Crippen molar-refractivity contribution in [2.75, 3.05) is 6.61 Å². The zero-order chi connectivity index (χ0) is 16.2. The molecule has 0 saturated carbocycles. The first-order chi connectivity index (χ1) is 9.70. The Hall–Kier alpha value is -2.63. The van der Waals surface area contributed by atoms with Gasteiger partial charge >= 0.3 is 12.1 Å². The van der Waals surface area contributed by atoms with Crippen molar-refractivity contribution in [3.8, 4) is 6.07 Å². The number of hydrogen-bond donors (Lipinski definition) is 0. The molecule has 0 N–H and O–H groups in total. The summed E-state index contributed by atoms with van der Waals surface area (Å²) in [5.74, 6) is -0.789. The van der Waals surface area contributed by atoms with Crippen molar-refractivity contribution in [2.24, 2.45) is 0 Å². The Morgan fingerprint density at radius 2 is 2.10 bits per heavy atom. The molecule has 0 saturated heterocycles. The largest absolute Gasteiger partial charge is 0.466 e. The molecular formula is C12H9F3N2O4. The summed E-state index contributed by atoms with van der Waals surface area (Å²) in [6, 6.07) is 2.70. The summed E-state index contributed by atoms with van der Waals surface area (Å²) in [5.41, 5.74) is -3.82. The number of halogens is 3. The van der Waals surface area contributed by atoms with Gasteiger partial charge in [0.05, 0.1) is 18.0 Å². The third-order valence-electron chi connectivity index (χ3n) is 2.43. The van der Waals surface area contributed by atoms with Crippen LogP contribution < -0.4 is 0 Å². The number of nitriles is 1. The van der Waals surface area contributed by atoms with Crippen LogP contribution in [0.4, 0.5) is 18.9 Å². The van der Waals surface area contributed by atoms with Crippen molar-refractivity contribution < 1.29 is 27.6 Å². The normalized spacial score (nSPS) is 10.8. The maximum Gasteiger partial charge on any atom is 0.423 e. The fourth-order valence-electron chi connectivity index (χ4n) is 1.67. The summed E-state index contributed by atoms with van der Waals surface area (Å²) in [6.45, 7) is 1.57. The Kier molecular flexibility index (Phi) is 4.86. The number of hydrogen-bond acceptors (Lipinski definition) is 5. The van der Waals surface area contributed by atoms with E-state index in [4.69, 9.17) is 5.26 Å². The summed E-state index contributed by atoms with van der Waals surface area (Å²) in [7, 11) is 0. The lowest BCUT2D eigenvalue weighted by Gasteiger charge is -2.10. The summed E-state index contributed by atoms with van der Waals surface area (Å²) < 4.78 is 43.2. The lowest BCUT2D eigenvalue weighted by Crippen LogP contribution is -2.13. The van der Waals surface area contributed by atoms with Crippen LogP contribution >= 0.6 is 0 Å². The van der Waals surface area contributed by atoms with Gasteiger partial charge in [-0.25, -0.2) is 0 Å². The van der Waals surface area contributed by atoms with Crippen molar-refractivity contribution in [2.45, 2.75) is 19.5 Å². The Balaban J connectivity index is 3.43. The predicted octanol–water partition coefficient (Wildman–Crippen LogP) is 2.59. The number of nitro groups is 1. The Bertz CT molecular complexity index is 620. The number of carbonyl (C=O) groups excluding carboxylic acids is 1. The molecule has 6 nitrogen and oxygen atoms in total. The van der Waals surface area contributed by atoms with E-state index in [0.29, 0.717) is 6.07 Å². The summed E-state index contributed by atoms with van der Waals surface area (Å²) in [4.78, 5) is 20.8. The fourth-order valence-corrected chi connectivity index (χ4v) is 1.67. The summed E-state index contributed by atoms with van der Waals surface area (Å²) in [6.07, 6.45) is -5.53. The van der Waals surface area contributed by atoms with Gasteiger partial charge in [-0.2, -0.15) is 18.4 Å². The molecule has 21 heavy (non-hydrogen) atoms. The van der Waals surface area contributed by atoms with Crippen LogP contribution in [-0.2, 0) is 22.1 Å². The van der Waals surface area contributed by atoms with Crippen LogP contribution in [0.1, 0.15) is 23.6 Å². The van der Waals surface area contributed by atoms with E-state index in [0.717, 1.165) is 6.07 Å². The molecule has 0 unspecified atom stereocenters. The highest BCUT2D eigenvalue weighted by molar-refractivity contribution is 5.73. The van der Waals surface area contributed by atoms with Gasteiger partial charge in [-0.05, 0) is 24.6 Å². The third kappa shape index (κ3) is 3.92. The van der Waals surface area contributed by atoms with Gasteiger partial charge in [0.1, 0.15) is 17.2 Å². The zero-order valence-electron chi connectivity index (χ0n) is 10.7. The van der Waals surface area contributed by atoms with Gasteiger partial charge in [-0.1, -0.05) is 0 Å². The lowest BCUT2D eigenvalue weighted by atomic mass is 10.0. The highest BCUT2D eigenvalue weighted by atomic mass is 19.4. The van der Waals surface area contributed by atoms with Crippen LogP contribution in [0.2, 0.25) is 0 Å². The van der Waals surface area contributed by atoms with Crippen molar-refractivity contribution >= 4 is 11.7 Å². The van der Waals surface area contributed by atoms with Gasteiger partial charge in [-0.15, -0.1) is 0 Å². The smallest absolute Gasteiger partial charge is 0.423 e. The van der Waals surface area contributed by atoms with Crippen LogP contribution in [0.3, 0.4) is 0 Å². The van der Waals surface area contributed by atoms with Gasteiger partial charge in [0.15, 0.2) is 0 Å². The van der Waals surface area contributed by atoms with Crippen LogP contribution in [0, 0.1) is 21.4 Å². The number of alkyl halides is 3. The minimum absolute atomic E-state index is 0.0447. The number of ether oxygens (including phenoxy) is 1. The SMILES string of the molecule is CCOC(=O)Cc1cc(C#N)c([N+](=O)[O-])c(C(F)(F)F)c1. The van der Waals surface area contributed by atoms with Crippen LogP contribution in [0.5, 0.6) is 0 Å². The molecule has 0 aliphatic carbocycles. The Morgan fingerprint density at radius 3 is 2.52 bits per heavy atom. The molecule has 0 amide bonds. The second-order valence-corrected chi connectivity index (χ2v) is 3.89. The van der Waals surface area contributed by atoms with E-state index in [-0.39, 0.29) is 12.2 Å². The van der Waals surface area contributed by atoms with Crippen LogP contribution in [-0.4, -0.2) is 17.5 Å². The molecule has 112 valence electrons. The minimum Gasteiger partial charge on any atom is -0.466 e. The molecule has 0 atom stereocenters. The zero-order valence-corrected chi connectivity index (χ0v) is 10.7. The quantitative estimate of drug-likeness (QED) is 0.484. The van der Waals surface area contributed by atoms with E-state index < -0.39 is 40.3 Å². The van der Waals surface area contributed by atoms with Gasteiger partial charge in [0.25, 0.3) is 5.69 Å². The molecule has 0 fully saturated rings. The monoisotopic (exact) mass is 302 g/mol. The van der Waals surface area contributed by atoms with E-state index in [1.807, 2.05) is 0 Å². The summed E-state index contributed by atoms with van der Waals surface area (Å²) in [5, 5.41) is 19.5. The van der Waals surface area contributed by atoms with E-state index in [2.05, 4.69) is 4.74 Å². The third-order valence-corrected chi connectivity index (χ3v) is 2.43. The van der Waals surface area contributed by atoms with E-state index in [9.17, 15) is 28.1 Å². The van der Waals surface area contributed by atoms with E-state index in [1.165, 1.54) is 13.0 Å². The Morgan fingerprint density at radius 1 is 1.48 bits per heavy atom. The standard InChI is InChI=1S/C12H9F3N2O4/c1-2-21-10(18)5-7-3-8(6-16)11(17(19)20)9(4-7)12(13,14)15/h3-4H,2,5H2,1H3. The molecule has 1 rings (SSSR count). The van der Waals surface area contributed by atoms with Crippen molar-refractivity contribution in [1.82, 2.24) is 0 Å². The van der Waals surface area contributed by atoms with Crippen molar-refractivity contribution in [3.63, 3.8) is 0 Å². The molecule has 0 spiro atoms. The highest BCUT2D eigenvalue weighted by Gasteiger charge is 2.40. The molecule has 0 bridgehead atoms. The number of benzene rings is 1. The Labute approximate surface area is 116 Å². The fraction of sp³-hybridized carbons (Fsp3) is 0.333. The number of nitrogens with zero attached hydrogens (tertiary/aromatic N) is 2. The maximum absolute atomic E-state index is 12.9. The molecule has 9 heteroatoms. The first-order valence-corrected chi connectivity index (χ1v) is 5.65. The summed E-state index contributed by atoms with van der Waals surface area (Å²) >= 11 is 0. The number of rotatable bonds is 4. The van der Waals surface area contributed by atoms with Gasteiger partial charge in [0.2, 0.25) is 0 Å². The molecule has 0 aliphatic rings. The molecule has 0 aromatic heterocycles. The first kappa shape index (κ1) is 16.4.